The second kappa shape index (κ2) is 5.75. The zero-order valence-electron chi connectivity index (χ0n) is 11.3. The molecule has 0 bridgehead atoms. The SMILES string of the molecule is CC(C)n1cc(Oc2ccc([C@H](C)N)c(Br)c2)cn1. The summed E-state index contributed by atoms with van der Waals surface area (Å²) in [4.78, 5) is 0. The molecule has 0 saturated heterocycles. The molecule has 0 unspecified atom stereocenters. The molecule has 1 aromatic heterocycles. The Morgan fingerprint density at radius 1 is 1.26 bits per heavy atom. The number of halogens is 1. The topological polar surface area (TPSA) is 53.1 Å². The van der Waals surface area contributed by atoms with Gasteiger partial charge < -0.3 is 10.5 Å². The largest absolute Gasteiger partial charge is 0.454 e. The Kier molecular flexibility index (Phi) is 4.27. The molecule has 2 N–H and O–H groups in total. The quantitative estimate of drug-likeness (QED) is 0.923. The first-order chi connectivity index (χ1) is 8.97. The van der Waals surface area contributed by atoms with E-state index in [9.17, 15) is 0 Å². The van der Waals surface area contributed by atoms with Crippen LogP contribution in [-0.4, -0.2) is 9.78 Å². The average Bonchev–Trinajstić information content (AvgIpc) is 2.77. The second-order valence-corrected chi connectivity index (χ2v) is 5.68. The Balaban J connectivity index is 2.16. The summed E-state index contributed by atoms with van der Waals surface area (Å²) in [6, 6.07) is 6.12. The van der Waals surface area contributed by atoms with Crippen molar-refractivity contribution in [3.63, 3.8) is 0 Å². The zero-order valence-corrected chi connectivity index (χ0v) is 12.9. The molecule has 0 spiro atoms. The zero-order chi connectivity index (χ0) is 14.0. The van der Waals surface area contributed by atoms with Gasteiger partial charge in [0.1, 0.15) is 5.75 Å². The lowest BCUT2D eigenvalue weighted by Crippen LogP contribution is -2.05. The third kappa shape index (κ3) is 3.36. The highest BCUT2D eigenvalue weighted by Gasteiger charge is 2.08. The smallest absolute Gasteiger partial charge is 0.165 e. The number of hydrogen-bond acceptors (Lipinski definition) is 3. The van der Waals surface area contributed by atoms with Crippen molar-refractivity contribution in [3.05, 3.63) is 40.6 Å². The number of ether oxygens (including phenoxy) is 1. The monoisotopic (exact) mass is 323 g/mol. The van der Waals surface area contributed by atoms with Gasteiger partial charge in [-0.1, -0.05) is 22.0 Å². The van der Waals surface area contributed by atoms with E-state index in [-0.39, 0.29) is 6.04 Å². The Bertz CT molecular complexity index is 564. The number of nitrogens with two attached hydrogens (primary N) is 1. The van der Waals surface area contributed by atoms with Gasteiger partial charge in [-0.2, -0.15) is 5.10 Å². The minimum Gasteiger partial charge on any atom is -0.454 e. The molecule has 1 aromatic carbocycles. The molecule has 5 heteroatoms. The summed E-state index contributed by atoms with van der Waals surface area (Å²) in [6.07, 6.45) is 3.60. The first-order valence-electron chi connectivity index (χ1n) is 6.24. The van der Waals surface area contributed by atoms with Crippen LogP contribution in [-0.2, 0) is 0 Å². The van der Waals surface area contributed by atoms with E-state index in [0.717, 1.165) is 21.5 Å². The molecule has 0 saturated carbocycles. The Morgan fingerprint density at radius 3 is 2.53 bits per heavy atom. The predicted octanol–water partition coefficient (Wildman–Crippen LogP) is 4.04. The summed E-state index contributed by atoms with van der Waals surface area (Å²) in [6.45, 7) is 6.10. The lowest BCUT2D eigenvalue weighted by atomic mass is 10.1. The predicted molar refractivity (Wildman–Crippen MR) is 79.4 cm³/mol. The fourth-order valence-electron chi connectivity index (χ4n) is 1.73. The van der Waals surface area contributed by atoms with Crippen molar-refractivity contribution in [2.24, 2.45) is 5.73 Å². The lowest BCUT2D eigenvalue weighted by molar-refractivity contribution is 0.476. The fraction of sp³-hybridized carbons (Fsp3) is 0.357. The molecule has 0 fully saturated rings. The number of rotatable bonds is 4. The van der Waals surface area contributed by atoms with Gasteiger partial charge in [-0.05, 0) is 38.5 Å². The number of benzene rings is 1. The van der Waals surface area contributed by atoms with Gasteiger partial charge in [0.05, 0.1) is 12.4 Å². The average molecular weight is 324 g/mol. The van der Waals surface area contributed by atoms with E-state index >= 15 is 0 Å². The van der Waals surface area contributed by atoms with Gasteiger partial charge in [-0.25, -0.2) is 0 Å². The molecule has 19 heavy (non-hydrogen) atoms. The summed E-state index contributed by atoms with van der Waals surface area (Å²) >= 11 is 3.51. The van der Waals surface area contributed by atoms with E-state index in [1.807, 2.05) is 36.0 Å². The van der Waals surface area contributed by atoms with Crippen molar-refractivity contribution in [3.8, 4) is 11.5 Å². The summed E-state index contributed by atoms with van der Waals surface area (Å²) in [5.41, 5.74) is 6.93. The molecule has 0 radical (unpaired) electrons. The van der Waals surface area contributed by atoms with Gasteiger partial charge in [-0.15, -0.1) is 0 Å². The summed E-state index contributed by atoms with van der Waals surface area (Å²) < 4.78 is 8.59. The van der Waals surface area contributed by atoms with E-state index in [1.54, 1.807) is 6.20 Å². The summed E-state index contributed by atoms with van der Waals surface area (Å²) in [5.74, 6) is 1.49. The van der Waals surface area contributed by atoms with Gasteiger partial charge in [0, 0.05) is 16.6 Å². The molecule has 1 atom stereocenters. The Morgan fingerprint density at radius 2 is 2.00 bits per heavy atom. The molecular formula is C14H18BrN3O. The van der Waals surface area contributed by atoms with E-state index in [4.69, 9.17) is 10.5 Å². The second-order valence-electron chi connectivity index (χ2n) is 4.82. The summed E-state index contributed by atoms with van der Waals surface area (Å²) in [5, 5.41) is 4.24. The molecule has 0 aliphatic heterocycles. The highest BCUT2D eigenvalue weighted by Crippen LogP contribution is 2.29. The fourth-order valence-corrected chi connectivity index (χ4v) is 2.45. The van der Waals surface area contributed by atoms with E-state index in [0.29, 0.717) is 6.04 Å². The van der Waals surface area contributed by atoms with Gasteiger partial charge >= 0.3 is 0 Å². The van der Waals surface area contributed by atoms with Crippen molar-refractivity contribution >= 4 is 15.9 Å². The van der Waals surface area contributed by atoms with Crippen molar-refractivity contribution in [1.29, 1.82) is 0 Å². The van der Waals surface area contributed by atoms with Crippen LogP contribution in [0.1, 0.15) is 38.4 Å². The first-order valence-corrected chi connectivity index (χ1v) is 7.03. The van der Waals surface area contributed by atoms with E-state index in [2.05, 4.69) is 34.9 Å². The summed E-state index contributed by atoms with van der Waals surface area (Å²) in [7, 11) is 0. The first kappa shape index (κ1) is 14.1. The van der Waals surface area contributed by atoms with Gasteiger partial charge in [-0.3, -0.25) is 4.68 Å². The maximum atomic E-state index is 5.87. The highest BCUT2D eigenvalue weighted by molar-refractivity contribution is 9.10. The normalized spacial score (nSPS) is 12.7. The van der Waals surface area contributed by atoms with Crippen molar-refractivity contribution < 1.29 is 4.74 Å². The van der Waals surface area contributed by atoms with Gasteiger partial charge in [0.15, 0.2) is 5.75 Å². The van der Waals surface area contributed by atoms with Crippen molar-refractivity contribution in [1.82, 2.24) is 9.78 Å². The van der Waals surface area contributed by atoms with Crippen molar-refractivity contribution in [2.75, 3.05) is 0 Å². The van der Waals surface area contributed by atoms with Crippen LogP contribution in [0.5, 0.6) is 11.5 Å². The van der Waals surface area contributed by atoms with Gasteiger partial charge in [0.25, 0.3) is 0 Å². The van der Waals surface area contributed by atoms with Crippen LogP contribution in [0.25, 0.3) is 0 Å². The highest BCUT2D eigenvalue weighted by atomic mass is 79.9. The minimum absolute atomic E-state index is 0.00730. The van der Waals surface area contributed by atoms with Crippen LogP contribution in [0.3, 0.4) is 0 Å². The van der Waals surface area contributed by atoms with E-state index in [1.165, 1.54) is 0 Å². The standard InChI is InChI=1S/C14H18BrN3O/c1-9(2)18-8-12(7-17-18)19-11-4-5-13(10(3)16)14(15)6-11/h4-10H,16H2,1-3H3/t10-/m0/s1. The van der Waals surface area contributed by atoms with Crippen LogP contribution in [0.4, 0.5) is 0 Å². The Labute approximate surface area is 121 Å². The minimum atomic E-state index is -0.00730. The van der Waals surface area contributed by atoms with Crippen LogP contribution >= 0.6 is 15.9 Å². The Hall–Kier alpha value is -1.33. The van der Waals surface area contributed by atoms with Crippen LogP contribution in [0.15, 0.2) is 35.1 Å². The van der Waals surface area contributed by atoms with Crippen LogP contribution < -0.4 is 10.5 Å². The van der Waals surface area contributed by atoms with Gasteiger partial charge in [0.2, 0.25) is 0 Å². The molecule has 0 aliphatic rings. The lowest BCUT2D eigenvalue weighted by Gasteiger charge is -2.10. The molecule has 2 aromatic rings. The maximum Gasteiger partial charge on any atom is 0.165 e. The molecule has 102 valence electrons. The third-order valence-corrected chi connectivity index (χ3v) is 3.49. The number of nitrogens with zero attached hydrogens (tertiary/aromatic N) is 2. The molecule has 0 aliphatic carbocycles. The van der Waals surface area contributed by atoms with Crippen LogP contribution in [0.2, 0.25) is 0 Å². The molecule has 4 nitrogen and oxygen atoms in total. The molecule has 1 heterocycles. The van der Waals surface area contributed by atoms with Crippen molar-refractivity contribution in [2.45, 2.75) is 32.9 Å². The molecule has 0 amide bonds. The molecular weight excluding hydrogens is 306 g/mol. The van der Waals surface area contributed by atoms with E-state index < -0.39 is 0 Å². The maximum absolute atomic E-state index is 5.87. The number of aromatic nitrogens is 2. The molecule has 2 rings (SSSR count). The van der Waals surface area contributed by atoms with Crippen LogP contribution in [0, 0.1) is 0 Å². The number of hydrogen-bond donors (Lipinski definition) is 1. The third-order valence-electron chi connectivity index (χ3n) is 2.81.